The summed E-state index contributed by atoms with van der Waals surface area (Å²) in [6.45, 7) is 2.45. The summed E-state index contributed by atoms with van der Waals surface area (Å²) in [5, 5.41) is 0. The van der Waals surface area contributed by atoms with Crippen molar-refractivity contribution in [1.29, 1.82) is 0 Å². The van der Waals surface area contributed by atoms with Crippen LogP contribution in [0.5, 0.6) is 0 Å². The summed E-state index contributed by atoms with van der Waals surface area (Å²) in [7, 11) is 0. The summed E-state index contributed by atoms with van der Waals surface area (Å²) in [6, 6.07) is 7.95. The summed E-state index contributed by atoms with van der Waals surface area (Å²) < 4.78 is 5.47. The molecule has 1 aromatic rings. The Labute approximate surface area is 77.5 Å². The van der Waals surface area contributed by atoms with E-state index in [4.69, 9.17) is 4.74 Å². The van der Waals surface area contributed by atoms with Gasteiger partial charge in [-0.15, -0.1) is 0 Å². The van der Waals surface area contributed by atoms with Crippen molar-refractivity contribution in [3.05, 3.63) is 35.4 Å². The van der Waals surface area contributed by atoms with E-state index in [-0.39, 0.29) is 0 Å². The molecule has 0 saturated carbocycles. The summed E-state index contributed by atoms with van der Waals surface area (Å²) >= 11 is 0. The van der Waals surface area contributed by atoms with Gasteiger partial charge in [0.25, 0.3) is 0 Å². The molecule has 0 N–H and O–H groups in total. The Bertz CT molecular complexity index is 333. The second-order valence-electron chi connectivity index (χ2n) is 3.48. The van der Waals surface area contributed by atoms with Gasteiger partial charge in [0.2, 0.25) is 0 Å². The van der Waals surface area contributed by atoms with Crippen LogP contribution in [-0.4, -0.2) is 12.9 Å². The number of hydrogen-bond acceptors (Lipinski definition) is 2. The molecule has 0 amide bonds. The molecule has 2 nitrogen and oxygen atoms in total. The van der Waals surface area contributed by atoms with Crippen LogP contribution in [0.15, 0.2) is 24.3 Å². The van der Waals surface area contributed by atoms with E-state index in [1.54, 1.807) is 0 Å². The van der Waals surface area contributed by atoms with Crippen LogP contribution < -0.4 is 0 Å². The van der Waals surface area contributed by atoms with Gasteiger partial charge in [0.15, 0.2) is 6.29 Å². The molecule has 0 spiro atoms. The van der Waals surface area contributed by atoms with Gasteiger partial charge in [-0.25, -0.2) is 0 Å². The minimum atomic E-state index is -0.727. The van der Waals surface area contributed by atoms with E-state index in [2.05, 4.69) is 6.07 Å². The van der Waals surface area contributed by atoms with E-state index in [9.17, 15) is 4.79 Å². The molecule has 0 saturated heterocycles. The lowest BCUT2D eigenvalue weighted by Crippen LogP contribution is -2.33. The fourth-order valence-electron chi connectivity index (χ4n) is 1.77. The van der Waals surface area contributed by atoms with Gasteiger partial charge < -0.3 is 4.74 Å². The highest BCUT2D eigenvalue weighted by Crippen LogP contribution is 2.30. The molecule has 2 rings (SSSR count). The first-order chi connectivity index (χ1) is 6.26. The van der Waals surface area contributed by atoms with E-state index < -0.39 is 5.60 Å². The zero-order valence-electron chi connectivity index (χ0n) is 7.62. The Kier molecular flexibility index (Phi) is 1.93. The molecule has 0 fully saturated rings. The zero-order valence-corrected chi connectivity index (χ0v) is 7.62. The molecule has 1 unspecified atom stereocenters. The quantitative estimate of drug-likeness (QED) is 0.608. The van der Waals surface area contributed by atoms with Gasteiger partial charge in [0, 0.05) is 0 Å². The average molecular weight is 176 g/mol. The van der Waals surface area contributed by atoms with Crippen molar-refractivity contribution < 1.29 is 9.53 Å². The van der Waals surface area contributed by atoms with Crippen molar-refractivity contribution >= 4 is 6.29 Å². The van der Waals surface area contributed by atoms with E-state index in [0.717, 1.165) is 18.3 Å². The van der Waals surface area contributed by atoms with Gasteiger partial charge in [0.05, 0.1) is 6.61 Å². The Morgan fingerprint density at radius 1 is 1.46 bits per heavy atom. The lowest BCUT2D eigenvalue weighted by Gasteiger charge is -2.31. The molecule has 1 atom stereocenters. The molecule has 0 radical (unpaired) electrons. The number of rotatable bonds is 1. The van der Waals surface area contributed by atoms with Crippen molar-refractivity contribution in [2.75, 3.05) is 6.61 Å². The minimum absolute atomic E-state index is 0.631. The fourth-order valence-corrected chi connectivity index (χ4v) is 1.77. The van der Waals surface area contributed by atoms with E-state index in [1.807, 2.05) is 25.1 Å². The van der Waals surface area contributed by atoms with Crippen LogP contribution >= 0.6 is 0 Å². The molecule has 1 aliphatic rings. The van der Waals surface area contributed by atoms with Gasteiger partial charge >= 0.3 is 0 Å². The van der Waals surface area contributed by atoms with Gasteiger partial charge in [-0.1, -0.05) is 24.3 Å². The summed E-state index contributed by atoms with van der Waals surface area (Å²) in [4.78, 5) is 10.9. The van der Waals surface area contributed by atoms with Crippen LogP contribution in [0.4, 0.5) is 0 Å². The molecule has 0 aromatic heterocycles. The third-order valence-electron chi connectivity index (χ3n) is 2.55. The molecule has 1 heterocycles. The van der Waals surface area contributed by atoms with Gasteiger partial charge in [0.1, 0.15) is 5.60 Å². The molecule has 2 heteroatoms. The number of hydrogen-bond donors (Lipinski definition) is 0. The lowest BCUT2D eigenvalue weighted by molar-refractivity contribution is -0.131. The number of fused-ring (bicyclic) bond motifs is 1. The SMILES string of the molecule is CC1(C=O)OCCc2ccccc21. The molecule has 1 aromatic carbocycles. The first-order valence-corrected chi connectivity index (χ1v) is 4.45. The Morgan fingerprint density at radius 2 is 2.23 bits per heavy atom. The molecule has 13 heavy (non-hydrogen) atoms. The van der Waals surface area contributed by atoms with Crippen LogP contribution in [0.3, 0.4) is 0 Å². The Hall–Kier alpha value is -1.15. The lowest BCUT2D eigenvalue weighted by atomic mass is 9.89. The maximum absolute atomic E-state index is 10.9. The highest BCUT2D eigenvalue weighted by molar-refractivity contribution is 5.67. The van der Waals surface area contributed by atoms with Crippen LogP contribution in [0.2, 0.25) is 0 Å². The standard InChI is InChI=1S/C11H12O2/c1-11(8-12)10-5-3-2-4-9(10)6-7-13-11/h2-5,8H,6-7H2,1H3. The topological polar surface area (TPSA) is 26.3 Å². The minimum Gasteiger partial charge on any atom is -0.363 e. The van der Waals surface area contributed by atoms with E-state index >= 15 is 0 Å². The maximum Gasteiger partial charge on any atom is 0.156 e. The predicted molar refractivity (Wildman–Crippen MR) is 49.5 cm³/mol. The maximum atomic E-state index is 10.9. The smallest absolute Gasteiger partial charge is 0.156 e. The molecule has 0 bridgehead atoms. The third-order valence-corrected chi connectivity index (χ3v) is 2.55. The average Bonchev–Trinajstić information content (AvgIpc) is 2.19. The van der Waals surface area contributed by atoms with Crippen LogP contribution in [0, 0.1) is 0 Å². The number of carbonyl (C=O) groups excluding carboxylic acids is 1. The number of carbonyl (C=O) groups is 1. The third kappa shape index (κ3) is 1.27. The van der Waals surface area contributed by atoms with Crippen molar-refractivity contribution in [2.45, 2.75) is 18.9 Å². The van der Waals surface area contributed by atoms with Crippen molar-refractivity contribution in [2.24, 2.45) is 0 Å². The van der Waals surface area contributed by atoms with E-state index in [0.29, 0.717) is 6.61 Å². The Morgan fingerprint density at radius 3 is 3.00 bits per heavy atom. The van der Waals surface area contributed by atoms with Gasteiger partial charge in [-0.3, -0.25) is 4.79 Å². The predicted octanol–water partition coefficient (Wildman–Crippen LogP) is 1.67. The first-order valence-electron chi connectivity index (χ1n) is 4.45. The molecular formula is C11H12O2. The summed E-state index contributed by atoms with van der Waals surface area (Å²) in [5.74, 6) is 0. The van der Waals surface area contributed by atoms with Crippen molar-refractivity contribution in [1.82, 2.24) is 0 Å². The van der Waals surface area contributed by atoms with Crippen LogP contribution in [0.1, 0.15) is 18.1 Å². The van der Waals surface area contributed by atoms with Gasteiger partial charge in [-0.05, 0) is 24.5 Å². The first kappa shape index (κ1) is 8.45. The number of ether oxygens (including phenoxy) is 1. The summed E-state index contributed by atoms with van der Waals surface area (Å²) in [6.07, 6.45) is 1.78. The van der Waals surface area contributed by atoms with Crippen molar-refractivity contribution in [3.63, 3.8) is 0 Å². The van der Waals surface area contributed by atoms with E-state index in [1.165, 1.54) is 5.56 Å². The van der Waals surface area contributed by atoms with Crippen molar-refractivity contribution in [3.8, 4) is 0 Å². The normalized spacial score (nSPS) is 26.5. The van der Waals surface area contributed by atoms with Crippen LogP contribution in [0.25, 0.3) is 0 Å². The zero-order chi connectivity index (χ0) is 9.31. The largest absolute Gasteiger partial charge is 0.363 e. The monoisotopic (exact) mass is 176 g/mol. The number of benzene rings is 1. The van der Waals surface area contributed by atoms with Gasteiger partial charge in [-0.2, -0.15) is 0 Å². The van der Waals surface area contributed by atoms with Crippen LogP contribution in [-0.2, 0) is 21.6 Å². The number of aldehydes is 1. The fraction of sp³-hybridized carbons (Fsp3) is 0.364. The second-order valence-corrected chi connectivity index (χ2v) is 3.48. The molecule has 1 aliphatic heterocycles. The second kappa shape index (κ2) is 2.96. The molecule has 0 aliphatic carbocycles. The Balaban J connectivity index is 2.54. The molecular weight excluding hydrogens is 164 g/mol. The molecule has 68 valence electrons. The highest BCUT2D eigenvalue weighted by Gasteiger charge is 2.32. The highest BCUT2D eigenvalue weighted by atomic mass is 16.5. The summed E-state index contributed by atoms with van der Waals surface area (Å²) in [5.41, 5.74) is 1.51.